The first kappa shape index (κ1) is 16.4. The van der Waals surface area contributed by atoms with Crippen LogP contribution in [0, 0.1) is 5.82 Å². The normalized spacial score (nSPS) is 10.4. The van der Waals surface area contributed by atoms with Crippen LogP contribution in [0.25, 0.3) is 0 Å². The lowest BCUT2D eigenvalue weighted by Crippen LogP contribution is -2.12. The quantitative estimate of drug-likeness (QED) is 0.797. The van der Waals surface area contributed by atoms with Crippen LogP contribution >= 0.6 is 0 Å². The van der Waals surface area contributed by atoms with Gasteiger partial charge in [0.15, 0.2) is 0 Å². The summed E-state index contributed by atoms with van der Waals surface area (Å²) in [6.07, 6.45) is -4.46. The summed E-state index contributed by atoms with van der Waals surface area (Å²) in [6.45, 7) is 5.55. The number of amides is 1. The Morgan fingerprint density at radius 1 is 1.28 bits per heavy atom. The number of halogens is 4. The smallest absolute Gasteiger partial charge is 0.324 e. The fraction of sp³-hybridized carbons (Fsp3) is 0.417. The molecule has 0 saturated carbocycles. The lowest BCUT2D eigenvalue weighted by Gasteiger charge is -2.09. The maximum atomic E-state index is 13.2. The fourth-order valence-electron chi connectivity index (χ4n) is 1.03. The average molecular weight is 265 g/mol. The van der Waals surface area contributed by atoms with E-state index < -0.39 is 23.5 Å². The largest absolute Gasteiger partial charge is 0.416 e. The van der Waals surface area contributed by atoms with E-state index in [0.29, 0.717) is 12.1 Å². The van der Waals surface area contributed by atoms with Crippen molar-refractivity contribution in [2.24, 2.45) is 0 Å². The molecule has 1 amide bonds. The summed E-state index contributed by atoms with van der Waals surface area (Å²) in [7, 11) is 0. The van der Waals surface area contributed by atoms with E-state index >= 15 is 0 Å². The maximum Gasteiger partial charge on any atom is 0.416 e. The van der Waals surface area contributed by atoms with Crippen LogP contribution in [-0.2, 0) is 11.0 Å². The van der Waals surface area contributed by atoms with Crippen molar-refractivity contribution in [2.45, 2.75) is 33.4 Å². The van der Waals surface area contributed by atoms with Gasteiger partial charge < -0.3 is 5.32 Å². The summed E-state index contributed by atoms with van der Waals surface area (Å²) >= 11 is 0. The second kappa shape index (κ2) is 6.98. The zero-order valence-corrected chi connectivity index (χ0v) is 10.4. The molecule has 0 radical (unpaired) electrons. The molecule has 1 rings (SSSR count). The molecule has 18 heavy (non-hydrogen) atoms. The van der Waals surface area contributed by atoms with Crippen LogP contribution in [0.15, 0.2) is 18.2 Å². The van der Waals surface area contributed by atoms with Gasteiger partial charge in [0, 0.05) is 6.42 Å². The van der Waals surface area contributed by atoms with Crippen molar-refractivity contribution < 1.29 is 22.4 Å². The van der Waals surface area contributed by atoms with Gasteiger partial charge in [0.25, 0.3) is 0 Å². The summed E-state index contributed by atoms with van der Waals surface area (Å²) in [5.74, 6) is -1.56. The van der Waals surface area contributed by atoms with Gasteiger partial charge in [-0.3, -0.25) is 4.79 Å². The summed E-state index contributed by atoms with van der Waals surface area (Å²) < 4.78 is 49.7. The summed E-state index contributed by atoms with van der Waals surface area (Å²) in [6, 6.07) is 1.96. The maximum absolute atomic E-state index is 13.2. The number of carbonyl (C=O) groups excluding carboxylic acids is 1. The Kier molecular flexibility index (Phi) is 6.36. The molecule has 1 aromatic rings. The number of alkyl halides is 3. The summed E-state index contributed by atoms with van der Waals surface area (Å²) in [5, 5.41) is 2.16. The summed E-state index contributed by atoms with van der Waals surface area (Å²) in [4.78, 5) is 10.9. The first-order valence-corrected chi connectivity index (χ1v) is 5.51. The monoisotopic (exact) mass is 265 g/mol. The molecule has 0 bridgehead atoms. The third-order valence-electron chi connectivity index (χ3n) is 1.89. The van der Waals surface area contributed by atoms with Gasteiger partial charge in [0.05, 0.1) is 11.3 Å². The molecule has 0 saturated heterocycles. The van der Waals surface area contributed by atoms with Gasteiger partial charge in [-0.25, -0.2) is 4.39 Å². The molecule has 6 heteroatoms. The minimum absolute atomic E-state index is 0.125. The second-order valence-electron chi connectivity index (χ2n) is 3.09. The fourth-order valence-corrected chi connectivity index (χ4v) is 1.03. The van der Waals surface area contributed by atoms with E-state index in [1.165, 1.54) is 0 Å². The number of nitrogens with one attached hydrogen (secondary N) is 1. The molecule has 0 unspecified atom stereocenters. The number of hydrogen-bond donors (Lipinski definition) is 1. The predicted molar refractivity (Wildman–Crippen MR) is 61.7 cm³/mol. The van der Waals surface area contributed by atoms with Crippen LogP contribution in [-0.4, -0.2) is 5.91 Å². The van der Waals surface area contributed by atoms with Gasteiger partial charge in [-0.15, -0.1) is 0 Å². The number of rotatable bonds is 2. The van der Waals surface area contributed by atoms with Crippen LogP contribution in [0.1, 0.15) is 32.8 Å². The Morgan fingerprint density at radius 2 is 1.83 bits per heavy atom. The molecule has 0 heterocycles. The minimum atomic E-state index is -4.59. The molecule has 0 aliphatic carbocycles. The molecule has 1 aromatic carbocycles. The highest BCUT2D eigenvalue weighted by atomic mass is 19.4. The van der Waals surface area contributed by atoms with Gasteiger partial charge in [0.2, 0.25) is 5.91 Å². The van der Waals surface area contributed by atoms with Crippen LogP contribution in [0.4, 0.5) is 23.2 Å². The van der Waals surface area contributed by atoms with E-state index in [4.69, 9.17) is 0 Å². The van der Waals surface area contributed by atoms with Gasteiger partial charge in [-0.1, -0.05) is 20.8 Å². The number of anilines is 1. The molecular formula is C12H15F4NO. The molecule has 0 aliphatic rings. The van der Waals surface area contributed by atoms with Gasteiger partial charge in [-0.2, -0.15) is 13.2 Å². The Balaban J connectivity index is 0.00000137. The number of carbonyl (C=O) groups is 1. The standard InChI is InChI=1S/C10H9F4NO.C2H6/c1-2-9(16)15-8-4-3-6(5-7(8)11)10(12,13)14;1-2/h3-5H,2H2,1H3,(H,15,16);1-2H3. The zero-order valence-electron chi connectivity index (χ0n) is 10.4. The van der Waals surface area contributed by atoms with Gasteiger partial charge in [-0.05, 0) is 18.2 Å². The summed E-state index contributed by atoms with van der Waals surface area (Å²) in [5.41, 5.74) is -1.33. The minimum Gasteiger partial charge on any atom is -0.324 e. The van der Waals surface area contributed by atoms with E-state index in [-0.39, 0.29) is 12.1 Å². The molecule has 0 atom stereocenters. The lowest BCUT2D eigenvalue weighted by atomic mass is 10.2. The van der Waals surface area contributed by atoms with Crippen LogP contribution in [0.5, 0.6) is 0 Å². The second-order valence-corrected chi connectivity index (χ2v) is 3.09. The van der Waals surface area contributed by atoms with E-state index in [9.17, 15) is 22.4 Å². The highest BCUT2D eigenvalue weighted by Crippen LogP contribution is 2.31. The van der Waals surface area contributed by atoms with Crippen LogP contribution in [0.3, 0.4) is 0 Å². The Labute approximate surface area is 103 Å². The van der Waals surface area contributed by atoms with Crippen LogP contribution < -0.4 is 5.32 Å². The Bertz CT molecular complexity index is 402. The van der Waals surface area contributed by atoms with Crippen molar-refractivity contribution >= 4 is 11.6 Å². The first-order valence-electron chi connectivity index (χ1n) is 5.51. The molecule has 0 fully saturated rings. The topological polar surface area (TPSA) is 29.1 Å². The lowest BCUT2D eigenvalue weighted by molar-refractivity contribution is -0.137. The third kappa shape index (κ3) is 4.73. The van der Waals surface area contributed by atoms with Crippen molar-refractivity contribution in [1.82, 2.24) is 0 Å². The van der Waals surface area contributed by atoms with E-state index in [1.807, 2.05) is 13.8 Å². The van der Waals surface area contributed by atoms with Crippen molar-refractivity contribution in [2.75, 3.05) is 5.32 Å². The molecule has 0 aliphatic heterocycles. The Hall–Kier alpha value is -1.59. The molecule has 102 valence electrons. The molecule has 0 spiro atoms. The van der Waals surface area contributed by atoms with Gasteiger partial charge in [0.1, 0.15) is 5.82 Å². The van der Waals surface area contributed by atoms with Gasteiger partial charge >= 0.3 is 6.18 Å². The van der Waals surface area contributed by atoms with Crippen LogP contribution in [0.2, 0.25) is 0 Å². The number of hydrogen-bond acceptors (Lipinski definition) is 1. The highest BCUT2D eigenvalue weighted by Gasteiger charge is 2.31. The average Bonchev–Trinajstić information content (AvgIpc) is 2.32. The molecule has 1 N–H and O–H groups in total. The van der Waals surface area contributed by atoms with Crippen molar-refractivity contribution in [3.8, 4) is 0 Å². The van der Waals surface area contributed by atoms with E-state index in [0.717, 1.165) is 6.07 Å². The first-order chi connectivity index (χ1) is 8.34. The highest BCUT2D eigenvalue weighted by molar-refractivity contribution is 5.90. The molecule has 0 aromatic heterocycles. The van der Waals surface area contributed by atoms with E-state index in [1.54, 1.807) is 6.92 Å². The Morgan fingerprint density at radius 3 is 2.22 bits per heavy atom. The SMILES string of the molecule is CC.CCC(=O)Nc1ccc(C(F)(F)F)cc1F. The predicted octanol–water partition coefficient (Wildman–Crippen LogP) is 4.22. The van der Waals surface area contributed by atoms with Crippen molar-refractivity contribution in [3.05, 3.63) is 29.6 Å². The van der Waals surface area contributed by atoms with Crippen molar-refractivity contribution in [1.29, 1.82) is 0 Å². The molecular weight excluding hydrogens is 250 g/mol. The third-order valence-corrected chi connectivity index (χ3v) is 1.89. The number of benzene rings is 1. The zero-order chi connectivity index (χ0) is 14.3. The van der Waals surface area contributed by atoms with Crippen molar-refractivity contribution in [3.63, 3.8) is 0 Å². The molecule has 2 nitrogen and oxygen atoms in total. The van der Waals surface area contributed by atoms with E-state index in [2.05, 4.69) is 5.32 Å².